The van der Waals surface area contributed by atoms with Crippen molar-refractivity contribution < 1.29 is 9.84 Å². The summed E-state index contributed by atoms with van der Waals surface area (Å²) in [6.07, 6.45) is 0.573. The van der Waals surface area contributed by atoms with Gasteiger partial charge in [0, 0.05) is 26.2 Å². The average Bonchev–Trinajstić information content (AvgIpc) is 2.62. The lowest BCUT2D eigenvalue weighted by Crippen LogP contribution is -2.39. The zero-order chi connectivity index (χ0) is 17.8. The Morgan fingerprint density at radius 3 is 2.76 bits per heavy atom. The standard InChI is InChI=1S/C19H26N4O2/c1-13-18(21-14(2)22-19(13)25-3)20-10-17(24)12-23-9-8-15-6-4-5-7-16(15)11-23/h4-7,17,24H,8-12H2,1-3H3,(H,20,21,22). The van der Waals surface area contributed by atoms with Crippen LogP contribution in [-0.4, -0.2) is 52.8 Å². The molecule has 6 nitrogen and oxygen atoms in total. The second-order valence-corrected chi connectivity index (χ2v) is 6.54. The molecule has 3 rings (SSSR count). The quantitative estimate of drug-likeness (QED) is 0.836. The average molecular weight is 342 g/mol. The first kappa shape index (κ1) is 17.6. The molecule has 0 aliphatic carbocycles. The summed E-state index contributed by atoms with van der Waals surface area (Å²) in [4.78, 5) is 11.0. The minimum atomic E-state index is -0.467. The molecule has 6 heteroatoms. The van der Waals surface area contributed by atoms with Gasteiger partial charge in [-0.3, -0.25) is 4.90 Å². The number of ether oxygens (including phenoxy) is 1. The zero-order valence-electron chi connectivity index (χ0n) is 15.1. The number of hydrogen-bond donors (Lipinski definition) is 2. The third-order valence-corrected chi connectivity index (χ3v) is 4.59. The van der Waals surface area contributed by atoms with E-state index in [1.165, 1.54) is 11.1 Å². The van der Waals surface area contributed by atoms with Crippen LogP contribution >= 0.6 is 0 Å². The van der Waals surface area contributed by atoms with Crippen LogP contribution in [0.1, 0.15) is 22.5 Å². The van der Waals surface area contributed by atoms with E-state index in [4.69, 9.17) is 4.74 Å². The van der Waals surface area contributed by atoms with Crippen LogP contribution < -0.4 is 10.1 Å². The van der Waals surface area contributed by atoms with Crippen LogP contribution in [0.3, 0.4) is 0 Å². The minimum Gasteiger partial charge on any atom is -0.481 e. The van der Waals surface area contributed by atoms with E-state index in [1.54, 1.807) is 7.11 Å². The number of nitrogens with zero attached hydrogens (tertiary/aromatic N) is 3. The normalized spacial score (nSPS) is 15.5. The molecule has 0 spiro atoms. The first-order valence-electron chi connectivity index (χ1n) is 8.67. The number of hydrogen-bond acceptors (Lipinski definition) is 6. The smallest absolute Gasteiger partial charge is 0.221 e. The topological polar surface area (TPSA) is 70.5 Å². The van der Waals surface area contributed by atoms with Gasteiger partial charge in [-0.25, -0.2) is 4.98 Å². The molecule has 0 saturated carbocycles. The van der Waals surface area contributed by atoms with Crippen LogP contribution in [0.4, 0.5) is 5.82 Å². The van der Waals surface area contributed by atoms with Gasteiger partial charge < -0.3 is 15.2 Å². The monoisotopic (exact) mass is 342 g/mol. The van der Waals surface area contributed by atoms with Crippen LogP contribution in [-0.2, 0) is 13.0 Å². The molecule has 2 N–H and O–H groups in total. The maximum atomic E-state index is 10.4. The number of aliphatic hydroxyl groups is 1. The molecular formula is C19H26N4O2. The number of fused-ring (bicyclic) bond motifs is 1. The van der Waals surface area contributed by atoms with Crippen LogP contribution in [0.15, 0.2) is 24.3 Å². The predicted molar refractivity (Wildman–Crippen MR) is 98.0 cm³/mol. The first-order chi connectivity index (χ1) is 12.1. The van der Waals surface area contributed by atoms with Gasteiger partial charge in [-0.2, -0.15) is 4.98 Å². The summed E-state index contributed by atoms with van der Waals surface area (Å²) in [6, 6.07) is 8.53. The number of rotatable bonds is 6. The summed E-state index contributed by atoms with van der Waals surface area (Å²) in [6.45, 7) is 6.70. The van der Waals surface area contributed by atoms with E-state index in [9.17, 15) is 5.11 Å². The molecule has 0 fully saturated rings. The number of aryl methyl sites for hydroxylation is 1. The highest BCUT2D eigenvalue weighted by atomic mass is 16.5. The molecule has 0 bridgehead atoms. The van der Waals surface area contributed by atoms with E-state index < -0.39 is 6.10 Å². The largest absolute Gasteiger partial charge is 0.481 e. The fourth-order valence-corrected chi connectivity index (χ4v) is 3.26. The van der Waals surface area contributed by atoms with Crippen molar-refractivity contribution in [1.29, 1.82) is 0 Å². The Labute approximate surface area is 148 Å². The van der Waals surface area contributed by atoms with E-state index in [-0.39, 0.29) is 0 Å². The summed E-state index contributed by atoms with van der Waals surface area (Å²) in [5.41, 5.74) is 3.64. The maximum absolute atomic E-state index is 10.4. The van der Waals surface area contributed by atoms with Gasteiger partial charge in [0.2, 0.25) is 5.88 Å². The van der Waals surface area contributed by atoms with Crippen molar-refractivity contribution in [2.45, 2.75) is 32.9 Å². The van der Waals surface area contributed by atoms with Crippen LogP contribution in [0.25, 0.3) is 0 Å². The highest BCUT2D eigenvalue weighted by molar-refractivity contribution is 5.48. The van der Waals surface area contributed by atoms with Crippen molar-refractivity contribution in [3.05, 3.63) is 46.8 Å². The molecule has 1 aromatic heterocycles. The molecule has 25 heavy (non-hydrogen) atoms. The van der Waals surface area contributed by atoms with E-state index in [0.717, 1.165) is 25.1 Å². The van der Waals surface area contributed by atoms with Crippen molar-refractivity contribution in [1.82, 2.24) is 14.9 Å². The molecule has 1 aliphatic rings. The maximum Gasteiger partial charge on any atom is 0.221 e. The lowest BCUT2D eigenvalue weighted by molar-refractivity contribution is 0.114. The number of anilines is 1. The third-order valence-electron chi connectivity index (χ3n) is 4.59. The van der Waals surface area contributed by atoms with Gasteiger partial charge >= 0.3 is 0 Å². The zero-order valence-corrected chi connectivity index (χ0v) is 15.1. The molecule has 0 saturated heterocycles. The summed E-state index contributed by atoms with van der Waals surface area (Å²) < 4.78 is 5.27. The van der Waals surface area contributed by atoms with Crippen LogP contribution in [0.2, 0.25) is 0 Å². The van der Waals surface area contributed by atoms with E-state index in [2.05, 4.69) is 44.5 Å². The predicted octanol–water partition coefficient (Wildman–Crippen LogP) is 1.93. The summed E-state index contributed by atoms with van der Waals surface area (Å²) in [5, 5.41) is 13.6. The van der Waals surface area contributed by atoms with Crippen LogP contribution in [0.5, 0.6) is 5.88 Å². The second-order valence-electron chi connectivity index (χ2n) is 6.54. The van der Waals surface area contributed by atoms with Crippen molar-refractivity contribution in [2.24, 2.45) is 0 Å². The molecule has 0 radical (unpaired) electrons. The Morgan fingerprint density at radius 2 is 2.00 bits per heavy atom. The molecule has 0 amide bonds. The Hall–Kier alpha value is -2.18. The summed E-state index contributed by atoms with van der Waals surface area (Å²) in [7, 11) is 1.60. The number of benzene rings is 1. The van der Waals surface area contributed by atoms with Gasteiger partial charge in [0.25, 0.3) is 0 Å². The summed E-state index contributed by atoms with van der Waals surface area (Å²) >= 11 is 0. The fourth-order valence-electron chi connectivity index (χ4n) is 3.26. The third kappa shape index (κ3) is 4.27. The Bertz CT molecular complexity index is 735. The van der Waals surface area contributed by atoms with Crippen molar-refractivity contribution in [2.75, 3.05) is 32.1 Å². The van der Waals surface area contributed by atoms with Gasteiger partial charge in [0.05, 0.1) is 18.8 Å². The SMILES string of the molecule is COc1nc(C)nc(NCC(O)CN2CCc3ccccc3C2)c1C. The number of methoxy groups -OCH3 is 1. The first-order valence-corrected chi connectivity index (χ1v) is 8.67. The number of β-amino-alcohol motifs (C(OH)–C–C–N with tert-alkyl or cyclic N) is 1. The second kappa shape index (κ2) is 7.80. The molecule has 2 aromatic rings. The van der Waals surface area contributed by atoms with Gasteiger partial charge in [-0.1, -0.05) is 24.3 Å². The Balaban J connectivity index is 1.56. The van der Waals surface area contributed by atoms with Crippen molar-refractivity contribution >= 4 is 5.82 Å². The van der Waals surface area contributed by atoms with E-state index in [0.29, 0.717) is 30.6 Å². The molecule has 2 heterocycles. The van der Waals surface area contributed by atoms with E-state index >= 15 is 0 Å². The molecule has 1 aromatic carbocycles. The lowest BCUT2D eigenvalue weighted by atomic mass is 10.00. The molecule has 1 atom stereocenters. The number of aliphatic hydroxyl groups excluding tert-OH is 1. The van der Waals surface area contributed by atoms with Gasteiger partial charge in [0.1, 0.15) is 11.6 Å². The van der Waals surface area contributed by atoms with Crippen LogP contribution in [0, 0.1) is 13.8 Å². The van der Waals surface area contributed by atoms with Gasteiger partial charge in [-0.05, 0) is 31.4 Å². The Morgan fingerprint density at radius 1 is 1.24 bits per heavy atom. The molecule has 1 aliphatic heterocycles. The van der Waals surface area contributed by atoms with Gasteiger partial charge in [0.15, 0.2) is 0 Å². The minimum absolute atomic E-state index is 0.443. The molecular weight excluding hydrogens is 316 g/mol. The highest BCUT2D eigenvalue weighted by Crippen LogP contribution is 2.22. The number of nitrogens with one attached hydrogen (secondary N) is 1. The van der Waals surface area contributed by atoms with Crippen molar-refractivity contribution in [3.63, 3.8) is 0 Å². The number of aromatic nitrogens is 2. The lowest BCUT2D eigenvalue weighted by Gasteiger charge is -2.30. The molecule has 1 unspecified atom stereocenters. The van der Waals surface area contributed by atoms with Crippen molar-refractivity contribution in [3.8, 4) is 5.88 Å². The van der Waals surface area contributed by atoms with Gasteiger partial charge in [-0.15, -0.1) is 0 Å². The Kier molecular flexibility index (Phi) is 5.50. The fraction of sp³-hybridized carbons (Fsp3) is 0.474. The van der Waals surface area contributed by atoms with E-state index in [1.807, 2.05) is 13.8 Å². The molecule has 134 valence electrons. The highest BCUT2D eigenvalue weighted by Gasteiger charge is 2.19. The summed E-state index contributed by atoms with van der Waals surface area (Å²) in [5.74, 6) is 1.93.